The Labute approximate surface area is 171 Å². The van der Waals surface area contributed by atoms with Crippen molar-refractivity contribution < 1.29 is 18.3 Å². The minimum atomic E-state index is -3.07. The number of Topliss-reactive ketones (excluding diaryl/α,β-unsaturated/α-hetero) is 1. The molecule has 0 saturated carbocycles. The van der Waals surface area contributed by atoms with Crippen LogP contribution in [0.25, 0.3) is 5.70 Å². The molecule has 1 aromatic rings. The first kappa shape index (κ1) is 24.7. The number of benzene rings is 1. The van der Waals surface area contributed by atoms with Crippen molar-refractivity contribution in [2.24, 2.45) is 5.73 Å². The van der Waals surface area contributed by atoms with Gasteiger partial charge in [-0.1, -0.05) is 0 Å². The maximum absolute atomic E-state index is 14.0. The number of nitrogens with two attached hydrogens (primary N) is 1. The molecule has 0 bridgehead atoms. The molecule has 1 aromatic carbocycles. The molecule has 162 valence electrons. The van der Waals surface area contributed by atoms with E-state index in [4.69, 9.17) is 15.9 Å². The van der Waals surface area contributed by atoms with Gasteiger partial charge < -0.3 is 30.9 Å². The quantitative estimate of drug-likeness (QED) is 0.343. The van der Waals surface area contributed by atoms with E-state index in [2.05, 4.69) is 5.32 Å². The highest BCUT2D eigenvalue weighted by molar-refractivity contribution is 5.89. The Morgan fingerprint density at radius 2 is 2.07 bits per heavy atom. The normalized spacial score (nSPS) is 12.7. The summed E-state index contributed by atoms with van der Waals surface area (Å²) in [5.74, 6) is -2.76. The van der Waals surface area contributed by atoms with Crippen LogP contribution in [0.5, 0.6) is 5.75 Å². The third-order valence-corrected chi connectivity index (χ3v) is 4.37. The van der Waals surface area contributed by atoms with Gasteiger partial charge in [-0.2, -0.15) is 0 Å². The maximum Gasteiger partial charge on any atom is 0.270 e. The fraction of sp³-hybridized carbons (Fsp3) is 0.524. The molecule has 8 heteroatoms. The Morgan fingerprint density at radius 1 is 1.38 bits per heavy atom. The number of ether oxygens (including phenoxy) is 1. The summed E-state index contributed by atoms with van der Waals surface area (Å²) in [6.07, 6.45) is 2.02. The predicted octanol–water partition coefficient (Wildman–Crippen LogP) is 3.02. The molecule has 0 radical (unpaired) electrons. The topological polar surface area (TPSA) is 91.4 Å². The zero-order valence-electron chi connectivity index (χ0n) is 17.6. The molecular weight excluding hydrogens is 378 g/mol. The number of alkyl halides is 2. The van der Waals surface area contributed by atoms with Gasteiger partial charge in [0, 0.05) is 61.6 Å². The lowest BCUT2D eigenvalue weighted by molar-refractivity contribution is -0.117. The van der Waals surface area contributed by atoms with E-state index in [1.54, 1.807) is 6.07 Å². The summed E-state index contributed by atoms with van der Waals surface area (Å²) in [7, 11) is 3.75. The summed E-state index contributed by atoms with van der Waals surface area (Å²) >= 11 is 0. The number of hydrogen-bond donors (Lipinski definition) is 3. The van der Waals surface area contributed by atoms with Crippen LogP contribution >= 0.6 is 0 Å². The number of ketones is 1. The third-order valence-electron chi connectivity index (χ3n) is 4.37. The zero-order chi connectivity index (χ0) is 22.0. The van der Waals surface area contributed by atoms with Gasteiger partial charge in [-0.3, -0.25) is 0 Å². The molecular formula is C21H32F2N4O2. The monoisotopic (exact) mass is 410 g/mol. The Balaban J connectivity index is 3.16. The number of nitrogens with zero attached hydrogens (tertiary/aromatic N) is 1. The fourth-order valence-corrected chi connectivity index (χ4v) is 2.67. The molecule has 0 spiro atoms. The van der Waals surface area contributed by atoms with Gasteiger partial charge in [-0.25, -0.2) is 8.78 Å². The van der Waals surface area contributed by atoms with Crippen LogP contribution in [0.1, 0.15) is 37.8 Å². The number of carbonyl (C=O) groups excluding carboxylic acids is 1. The van der Waals surface area contributed by atoms with Crippen LogP contribution in [0.2, 0.25) is 0 Å². The van der Waals surface area contributed by atoms with Gasteiger partial charge >= 0.3 is 0 Å². The van der Waals surface area contributed by atoms with Crippen LogP contribution in [0.3, 0.4) is 0 Å². The second kappa shape index (κ2) is 11.6. The van der Waals surface area contributed by atoms with Crippen molar-refractivity contribution >= 4 is 17.7 Å². The Hall–Kier alpha value is -2.32. The maximum atomic E-state index is 14.0. The van der Waals surface area contributed by atoms with Gasteiger partial charge in [-0.15, -0.1) is 0 Å². The van der Waals surface area contributed by atoms with E-state index in [1.807, 2.05) is 19.0 Å². The molecule has 1 rings (SSSR count). The smallest absolute Gasteiger partial charge is 0.270 e. The summed E-state index contributed by atoms with van der Waals surface area (Å²) in [6, 6.07) is 4.21. The predicted molar refractivity (Wildman–Crippen MR) is 113 cm³/mol. The standard InChI is InChI=1S/C21H32F2N4O2/c1-15(28)6-5-9-29-19-11-16(10-18(12-19)21(2,22)23)20(25)17(13-24)14-27(4)8-7-26-3/h10-13,24,26H,5-9,14,25H2,1-4H3. The second-order valence-electron chi connectivity index (χ2n) is 7.21. The first-order valence-corrected chi connectivity index (χ1v) is 9.56. The SMILES string of the molecule is CNCCN(C)CC(C=N)=C(N)c1cc(OCCCC(C)=O)cc(C(C)(F)F)c1. The van der Waals surface area contributed by atoms with Crippen molar-refractivity contribution in [1.82, 2.24) is 10.2 Å². The van der Waals surface area contributed by atoms with E-state index >= 15 is 0 Å². The molecule has 0 aromatic heterocycles. The lowest BCUT2D eigenvalue weighted by atomic mass is 10.0. The molecule has 0 aliphatic heterocycles. The summed E-state index contributed by atoms with van der Waals surface area (Å²) in [6.45, 7) is 4.49. The van der Waals surface area contributed by atoms with Crippen molar-refractivity contribution in [2.75, 3.05) is 40.3 Å². The molecule has 29 heavy (non-hydrogen) atoms. The summed E-state index contributed by atoms with van der Waals surface area (Å²) in [4.78, 5) is 13.0. The van der Waals surface area contributed by atoms with Gasteiger partial charge in [-0.05, 0) is 45.6 Å². The van der Waals surface area contributed by atoms with Crippen molar-refractivity contribution in [3.8, 4) is 5.75 Å². The van der Waals surface area contributed by atoms with Crippen LogP contribution in [0.4, 0.5) is 8.78 Å². The lowest BCUT2D eigenvalue weighted by Gasteiger charge is -2.20. The summed E-state index contributed by atoms with van der Waals surface area (Å²) in [5, 5.41) is 10.7. The van der Waals surface area contributed by atoms with Crippen LogP contribution in [0.15, 0.2) is 23.8 Å². The summed E-state index contributed by atoms with van der Waals surface area (Å²) in [5.41, 5.74) is 7.20. The molecule has 0 saturated heterocycles. The highest BCUT2D eigenvalue weighted by Crippen LogP contribution is 2.32. The number of halogens is 2. The van der Waals surface area contributed by atoms with Crippen LogP contribution in [-0.2, 0) is 10.7 Å². The minimum Gasteiger partial charge on any atom is -0.494 e. The van der Waals surface area contributed by atoms with E-state index in [9.17, 15) is 13.6 Å². The Kier molecular flexibility index (Phi) is 9.91. The van der Waals surface area contributed by atoms with Gasteiger partial charge in [0.15, 0.2) is 0 Å². The lowest BCUT2D eigenvalue weighted by Crippen LogP contribution is -2.30. The largest absolute Gasteiger partial charge is 0.494 e. The number of likely N-dealkylation sites (N-methyl/N-ethyl adjacent to an activating group) is 2. The first-order chi connectivity index (χ1) is 13.6. The van der Waals surface area contributed by atoms with Gasteiger partial charge in [0.1, 0.15) is 11.5 Å². The molecule has 4 N–H and O–H groups in total. The average molecular weight is 411 g/mol. The second-order valence-corrected chi connectivity index (χ2v) is 7.21. The van der Waals surface area contributed by atoms with Crippen LogP contribution in [-0.4, -0.2) is 57.2 Å². The fourth-order valence-electron chi connectivity index (χ4n) is 2.67. The van der Waals surface area contributed by atoms with Crippen molar-refractivity contribution in [3.63, 3.8) is 0 Å². The molecule has 0 atom stereocenters. The Morgan fingerprint density at radius 3 is 2.62 bits per heavy atom. The number of nitrogens with one attached hydrogen (secondary N) is 2. The molecule has 6 nitrogen and oxygen atoms in total. The van der Waals surface area contributed by atoms with Crippen molar-refractivity contribution in [2.45, 2.75) is 32.6 Å². The molecule has 0 aliphatic carbocycles. The average Bonchev–Trinajstić information content (AvgIpc) is 2.66. The van der Waals surface area contributed by atoms with Crippen LogP contribution in [0, 0.1) is 5.41 Å². The van der Waals surface area contributed by atoms with Crippen molar-refractivity contribution in [3.05, 3.63) is 34.9 Å². The molecule has 0 heterocycles. The van der Waals surface area contributed by atoms with E-state index in [-0.39, 0.29) is 29.4 Å². The number of rotatable bonds is 13. The number of carbonyl (C=O) groups is 1. The third kappa shape index (κ3) is 8.70. The van der Waals surface area contributed by atoms with E-state index in [1.165, 1.54) is 19.1 Å². The number of hydrogen-bond acceptors (Lipinski definition) is 6. The van der Waals surface area contributed by atoms with Gasteiger partial charge in [0.25, 0.3) is 5.92 Å². The zero-order valence-corrected chi connectivity index (χ0v) is 17.6. The van der Waals surface area contributed by atoms with Gasteiger partial charge in [0.05, 0.1) is 6.61 Å². The van der Waals surface area contributed by atoms with E-state index < -0.39 is 5.92 Å². The highest BCUT2D eigenvalue weighted by atomic mass is 19.3. The molecule has 0 amide bonds. The molecule has 0 aliphatic rings. The van der Waals surface area contributed by atoms with E-state index in [0.29, 0.717) is 30.5 Å². The molecule has 0 fully saturated rings. The van der Waals surface area contributed by atoms with Crippen LogP contribution < -0.4 is 15.8 Å². The first-order valence-electron chi connectivity index (χ1n) is 9.56. The summed E-state index contributed by atoms with van der Waals surface area (Å²) < 4.78 is 33.6. The Bertz CT molecular complexity index is 730. The highest BCUT2D eigenvalue weighted by Gasteiger charge is 2.26. The minimum absolute atomic E-state index is 0.0494. The van der Waals surface area contributed by atoms with Gasteiger partial charge in [0.2, 0.25) is 0 Å². The molecule has 0 unspecified atom stereocenters. The van der Waals surface area contributed by atoms with E-state index in [0.717, 1.165) is 26.2 Å². The van der Waals surface area contributed by atoms with Crippen molar-refractivity contribution in [1.29, 1.82) is 5.41 Å².